The molecule has 1 heterocycles. The lowest BCUT2D eigenvalue weighted by Crippen LogP contribution is -2.04. The third-order valence-electron chi connectivity index (χ3n) is 3.80. The molecule has 0 spiro atoms. The Labute approximate surface area is 123 Å². The molecule has 1 aromatic heterocycles. The summed E-state index contributed by atoms with van der Waals surface area (Å²) < 4.78 is 5.99. The molecular weight excluding hydrogens is 262 g/mol. The minimum Gasteiger partial charge on any atom is -0.456 e. The van der Waals surface area contributed by atoms with Crippen molar-refractivity contribution in [3.05, 3.63) is 64.5 Å². The van der Waals surface area contributed by atoms with Gasteiger partial charge in [-0.05, 0) is 44.0 Å². The molecule has 0 amide bonds. The van der Waals surface area contributed by atoms with E-state index in [1.54, 1.807) is 6.07 Å². The highest BCUT2D eigenvalue weighted by Gasteiger charge is 2.08. The average Bonchev–Trinajstić information content (AvgIpc) is 2.48. The van der Waals surface area contributed by atoms with Crippen molar-refractivity contribution in [1.29, 1.82) is 0 Å². The van der Waals surface area contributed by atoms with Crippen molar-refractivity contribution < 1.29 is 9.62 Å². The largest absolute Gasteiger partial charge is 0.456 e. The van der Waals surface area contributed by atoms with E-state index in [1.165, 1.54) is 5.56 Å². The van der Waals surface area contributed by atoms with Gasteiger partial charge in [0.2, 0.25) is 0 Å². The fourth-order valence-electron chi connectivity index (χ4n) is 2.37. The van der Waals surface area contributed by atoms with Gasteiger partial charge >= 0.3 is 0 Å². The molecule has 0 bridgehead atoms. The Bertz CT molecular complexity index is 874. The summed E-state index contributed by atoms with van der Waals surface area (Å²) in [6.07, 6.45) is 0. The highest BCUT2D eigenvalue weighted by Crippen LogP contribution is 2.24. The van der Waals surface area contributed by atoms with Crippen LogP contribution >= 0.6 is 0 Å². The number of hydrogen-bond donors (Lipinski definition) is 1. The highest BCUT2D eigenvalue weighted by molar-refractivity contribution is 5.80. The van der Waals surface area contributed by atoms with Crippen LogP contribution in [0, 0.1) is 20.8 Å². The molecule has 0 saturated heterocycles. The van der Waals surface area contributed by atoms with E-state index in [0.717, 1.165) is 27.7 Å². The van der Waals surface area contributed by atoms with Gasteiger partial charge in [0.1, 0.15) is 16.7 Å². The van der Waals surface area contributed by atoms with E-state index in [2.05, 4.69) is 5.16 Å². The van der Waals surface area contributed by atoms with E-state index in [-0.39, 0.29) is 0 Å². The number of benzene rings is 2. The van der Waals surface area contributed by atoms with Gasteiger partial charge in [0.05, 0.1) is 0 Å². The van der Waals surface area contributed by atoms with Crippen LogP contribution in [0.4, 0.5) is 0 Å². The van der Waals surface area contributed by atoms with Crippen LogP contribution in [0.2, 0.25) is 0 Å². The lowest BCUT2D eigenvalue weighted by atomic mass is 10.1. The molecule has 3 rings (SSSR count). The molecule has 3 nitrogen and oxygen atoms in total. The Morgan fingerprint density at radius 3 is 2.24 bits per heavy atom. The monoisotopic (exact) mass is 279 g/mol. The molecular formula is C18H17NO2. The predicted octanol–water partition coefficient (Wildman–Crippen LogP) is 4.31. The Hall–Kier alpha value is -2.55. The second-order valence-corrected chi connectivity index (χ2v) is 5.39. The zero-order chi connectivity index (χ0) is 15.0. The third-order valence-corrected chi connectivity index (χ3v) is 3.80. The molecule has 1 N–H and O–H groups in total. The van der Waals surface area contributed by atoms with Crippen molar-refractivity contribution in [2.24, 2.45) is 5.16 Å². The van der Waals surface area contributed by atoms with Crippen molar-refractivity contribution in [2.75, 3.05) is 0 Å². The smallest absolute Gasteiger partial charge is 0.137 e. The van der Waals surface area contributed by atoms with Gasteiger partial charge in [-0.3, -0.25) is 0 Å². The molecule has 3 heteroatoms. The van der Waals surface area contributed by atoms with E-state index < -0.39 is 0 Å². The molecule has 0 radical (unpaired) electrons. The number of fused-ring (bicyclic) bond motifs is 1. The fourth-order valence-corrected chi connectivity index (χ4v) is 2.37. The molecule has 0 saturated carbocycles. The minimum absolute atomic E-state index is 0.523. The van der Waals surface area contributed by atoms with E-state index in [4.69, 9.17) is 4.42 Å². The summed E-state index contributed by atoms with van der Waals surface area (Å²) >= 11 is 0. The highest BCUT2D eigenvalue weighted by atomic mass is 16.4. The van der Waals surface area contributed by atoms with Crippen LogP contribution in [0.15, 0.2) is 52.0 Å². The predicted molar refractivity (Wildman–Crippen MR) is 83.2 cm³/mol. The van der Waals surface area contributed by atoms with E-state index in [1.807, 2.05) is 57.2 Å². The standard InChI is InChI=1S/C18H17NO2/c1-11-4-6-14(7-5-11)17-10-16(19-20)15-8-12(2)13(3)9-18(15)21-17/h4-10,20H,1-3H3/b19-16-. The maximum Gasteiger partial charge on any atom is 0.137 e. The first-order chi connectivity index (χ1) is 10.1. The number of aryl methyl sites for hydroxylation is 3. The van der Waals surface area contributed by atoms with Crippen molar-refractivity contribution in [1.82, 2.24) is 0 Å². The number of nitrogens with zero attached hydrogens (tertiary/aromatic N) is 1. The first kappa shape index (κ1) is 13.4. The summed E-state index contributed by atoms with van der Waals surface area (Å²) in [7, 11) is 0. The fraction of sp³-hybridized carbons (Fsp3) is 0.167. The van der Waals surface area contributed by atoms with Crippen LogP contribution in [0.3, 0.4) is 0 Å². The molecule has 2 aromatic carbocycles. The summed E-state index contributed by atoms with van der Waals surface area (Å²) in [5.41, 5.74) is 5.18. The van der Waals surface area contributed by atoms with Crippen LogP contribution in [0.1, 0.15) is 16.7 Å². The third kappa shape index (κ3) is 2.42. The summed E-state index contributed by atoms with van der Waals surface area (Å²) in [6.45, 7) is 6.12. The Balaban J connectivity index is 2.31. The molecule has 0 aliphatic rings. The zero-order valence-corrected chi connectivity index (χ0v) is 12.3. The lowest BCUT2D eigenvalue weighted by Gasteiger charge is -2.07. The van der Waals surface area contributed by atoms with Crippen molar-refractivity contribution in [2.45, 2.75) is 20.8 Å². The van der Waals surface area contributed by atoms with Gasteiger partial charge in [-0.25, -0.2) is 0 Å². The van der Waals surface area contributed by atoms with Crippen LogP contribution in [-0.4, -0.2) is 5.21 Å². The van der Waals surface area contributed by atoms with Gasteiger partial charge in [0.15, 0.2) is 0 Å². The lowest BCUT2D eigenvalue weighted by molar-refractivity contribution is 0.302. The SMILES string of the molecule is Cc1ccc(-c2c/c(=N/O)c3cc(C)c(C)cc3o2)cc1. The maximum absolute atomic E-state index is 9.29. The van der Waals surface area contributed by atoms with Gasteiger partial charge in [0, 0.05) is 17.0 Å². The first-order valence-corrected chi connectivity index (χ1v) is 6.89. The zero-order valence-electron chi connectivity index (χ0n) is 12.3. The van der Waals surface area contributed by atoms with Gasteiger partial charge in [-0.15, -0.1) is 0 Å². The van der Waals surface area contributed by atoms with Gasteiger partial charge in [-0.2, -0.15) is 0 Å². The first-order valence-electron chi connectivity index (χ1n) is 6.89. The molecule has 21 heavy (non-hydrogen) atoms. The Morgan fingerprint density at radius 1 is 0.905 bits per heavy atom. The summed E-state index contributed by atoms with van der Waals surface area (Å²) in [5, 5.41) is 14.0. The summed E-state index contributed by atoms with van der Waals surface area (Å²) in [4.78, 5) is 0. The van der Waals surface area contributed by atoms with Crippen molar-refractivity contribution >= 4 is 11.0 Å². The molecule has 0 unspecified atom stereocenters. The second kappa shape index (κ2) is 5.09. The summed E-state index contributed by atoms with van der Waals surface area (Å²) in [5.74, 6) is 0.693. The summed E-state index contributed by atoms with van der Waals surface area (Å²) in [6, 6.07) is 13.8. The van der Waals surface area contributed by atoms with E-state index in [9.17, 15) is 5.21 Å². The molecule has 0 aliphatic heterocycles. The molecule has 3 aromatic rings. The van der Waals surface area contributed by atoms with Crippen LogP contribution in [-0.2, 0) is 0 Å². The van der Waals surface area contributed by atoms with Crippen LogP contribution in [0.25, 0.3) is 22.3 Å². The molecule has 106 valence electrons. The Kier molecular flexibility index (Phi) is 3.26. The van der Waals surface area contributed by atoms with E-state index >= 15 is 0 Å². The van der Waals surface area contributed by atoms with Crippen molar-refractivity contribution in [3.63, 3.8) is 0 Å². The quantitative estimate of drug-likeness (QED) is 0.532. The Morgan fingerprint density at radius 2 is 1.57 bits per heavy atom. The second-order valence-electron chi connectivity index (χ2n) is 5.39. The van der Waals surface area contributed by atoms with Gasteiger partial charge in [-0.1, -0.05) is 35.0 Å². The maximum atomic E-state index is 9.29. The minimum atomic E-state index is 0.523. The van der Waals surface area contributed by atoms with Gasteiger partial charge in [0.25, 0.3) is 0 Å². The van der Waals surface area contributed by atoms with Gasteiger partial charge < -0.3 is 9.62 Å². The normalized spacial score (nSPS) is 12.0. The number of hydrogen-bond acceptors (Lipinski definition) is 3. The molecule has 0 aliphatic carbocycles. The average molecular weight is 279 g/mol. The molecule has 0 atom stereocenters. The van der Waals surface area contributed by atoms with Crippen LogP contribution in [0.5, 0.6) is 0 Å². The van der Waals surface area contributed by atoms with E-state index in [0.29, 0.717) is 11.1 Å². The number of rotatable bonds is 1. The topological polar surface area (TPSA) is 45.7 Å². The van der Waals surface area contributed by atoms with Crippen LogP contribution < -0.4 is 5.36 Å². The van der Waals surface area contributed by atoms with Crippen molar-refractivity contribution in [3.8, 4) is 11.3 Å². The molecule has 0 fully saturated rings.